The first kappa shape index (κ1) is 21.3. The summed E-state index contributed by atoms with van der Waals surface area (Å²) < 4.78 is 0. The number of carbonyl (C=O) groups excluding carboxylic acids is 3. The number of carbonyl (C=O) groups is 5. The fourth-order valence-electron chi connectivity index (χ4n) is 1.54. The third-order valence-corrected chi connectivity index (χ3v) is 2.71. The molecule has 0 heterocycles. The summed E-state index contributed by atoms with van der Waals surface area (Å²) in [5.41, 5.74) is 5.06. The molecular formula is C12H20N4O8. The lowest BCUT2D eigenvalue weighted by Crippen LogP contribution is -2.56. The van der Waals surface area contributed by atoms with Crippen molar-refractivity contribution in [3.63, 3.8) is 0 Å². The molecule has 24 heavy (non-hydrogen) atoms. The van der Waals surface area contributed by atoms with E-state index in [2.05, 4.69) is 10.6 Å². The van der Waals surface area contributed by atoms with Crippen LogP contribution in [-0.2, 0) is 24.0 Å². The summed E-state index contributed by atoms with van der Waals surface area (Å²) in [7, 11) is 0. The van der Waals surface area contributed by atoms with Crippen molar-refractivity contribution in [3.05, 3.63) is 0 Å². The average molecular weight is 348 g/mol. The van der Waals surface area contributed by atoms with Crippen molar-refractivity contribution in [2.75, 3.05) is 19.7 Å². The topological polar surface area (TPSA) is 208 Å². The Kier molecular flexibility index (Phi) is 9.67. The minimum Gasteiger partial charge on any atom is -0.481 e. The van der Waals surface area contributed by atoms with E-state index in [0.29, 0.717) is 0 Å². The maximum Gasteiger partial charge on any atom is 0.322 e. The minimum absolute atomic E-state index is 0.310. The maximum atomic E-state index is 12.0. The number of aliphatic hydroxyl groups excluding tert-OH is 1. The molecule has 2 unspecified atom stereocenters. The molecule has 12 nitrogen and oxygen atoms in total. The summed E-state index contributed by atoms with van der Waals surface area (Å²) in [5, 5.41) is 32.5. The summed E-state index contributed by atoms with van der Waals surface area (Å²) in [6.07, 6.45) is -0.778. The van der Waals surface area contributed by atoms with E-state index in [-0.39, 0.29) is 6.42 Å². The number of nitrogens with one attached hydrogen (secondary N) is 3. The highest BCUT2D eigenvalue weighted by Crippen LogP contribution is 1.99. The Hall–Kier alpha value is -2.73. The fourth-order valence-corrected chi connectivity index (χ4v) is 1.54. The molecule has 0 saturated carbocycles. The highest BCUT2D eigenvalue weighted by molar-refractivity contribution is 5.93. The Morgan fingerprint density at radius 2 is 1.54 bits per heavy atom. The molecular weight excluding hydrogens is 328 g/mol. The van der Waals surface area contributed by atoms with Gasteiger partial charge in [0.2, 0.25) is 17.7 Å². The molecule has 0 spiro atoms. The molecule has 0 fully saturated rings. The lowest BCUT2D eigenvalue weighted by molar-refractivity contribution is -0.140. The Balaban J connectivity index is 4.90. The van der Waals surface area contributed by atoms with Gasteiger partial charge in [0.05, 0.1) is 13.2 Å². The average Bonchev–Trinajstić information content (AvgIpc) is 2.53. The SMILES string of the molecule is NCC(=O)NC(CO)C(=O)NC(CCC(=O)O)C(=O)NCC(=O)O. The minimum atomic E-state index is -1.39. The van der Waals surface area contributed by atoms with Gasteiger partial charge >= 0.3 is 11.9 Å². The quantitative estimate of drug-likeness (QED) is 0.193. The fraction of sp³-hybridized carbons (Fsp3) is 0.583. The summed E-state index contributed by atoms with van der Waals surface area (Å²) in [6.45, 7) is -1.92. The molecule has 12 heteroatoms. The van der Waals surface area contributed by atoms with Crippen molar-refractivity contribution >= 4 is 29.7 Å². The monoisotopic (exact) mass is 348 g/mol. The van der Waals surface area contributed by atoms with Crippen LogP contribution in [0.5, 0.6) is 0 Å². The molecule has 0 bridgehead atoms. The Morgan fingerprint density at radius 3 is 2.00 bits per heavy atom. The first-order chi connectivity index (χ1) is 11.2. The van der Waals surface area contributed by atoms with E-state index >= 15 is 0 Å². The number of aliphatic carboxylic acids is 2. The number of aliphatic hydroxyl groups is 1. The van der Waals surface area contributed by atoms with Crippen LogP contribution in [0, 0.1) is 0 Å². The molecule has 0 aromatic heterocycles. The third-order valence-electron chi connectivity index (χ3n) is 2.71. The number of carboxylic acid groups (broad SMARTS) is 2. The molecule has 2 atom stereocenters. The highest BCUT2D eigenvalue weighted by Gasteiger charge is 2.26. The molecule has 0 aliphatic rings. The number of nitrogens with two attached hydrogens (primary N) is 1. The van der Waals surface area contributed by atoms with Crippen LogP contribution in [0.3, 0.4) is 0 Å². The van der Waals surface area contributed by atoms with Crippen LogP contribution in [0.25, 0.3) is 0 Å². The van der Waals surface area contributed by atoms with Gasteiger partial charge in [0, 0.05) is 6.42 Å². The van der Waals surface area contributed by atoms with Crippen LogP contribution in [-0.4, -0.2) is 76.8 Å². The maximum absolute atomic E-state index is 12.0. The predicted molar refractivity (Wildman–Crippen MR) is 77.5 cm³/mol. The zero-order chi connectivity index (χ0) is 18.7. The summed E-state index contributed by atoms with van der Waals surface area (Å²) >= 11 is 0. The van der Waals surface area contributed by atoms with Crippen molar-refractivity contribution in [3.8, 4) is 0 Å². The first-order valence-electron chi connectivity index (χ1n) is 6.83. The molecule has 0 aromatic carbocycles. The molecule has 136 valence electrons. The molecule has 0 aliphatic carbocycles. The Morgan fingerprint density at radius 1 is 0.917 bits per heavy atom. The molecule has 0 aromatic rings. The first-order valence-corrected chi connectivity index (χ1v) is 6.83. The van der Waals surface area contributed by atoms with Crippen LogP contribution >= 0.6 is 0 Å². The molecule has 8 N–H and O–H groups in total. The normalized spacial score (nSPS) is 12.6. The van der Waals surface area contributed by atoms with Crippen LogP contribution in [0.2, 0.25) is 0 Å². The smallest absolute Gasteiger partial charge is 0.322 e. The Labute approximate surface area is 136 Å². The van der Waals surface area contributed by atoms with E-state index in [1.807, 2.05) is 5.32 Å². The van der Waals surface area contributed by atoms with Crippen molar-refractivity contribution in [2.45, 2.75) is 24.9 Å². The number of hydrogen-bond acceptors (Lipinski definition) is 7. The zero-order valence-electron chi connectivity index (χ0n) is 12.7. The second-order valence-electron chi connectivity index (χ2n) is 4.61. The van der Waals surface area contributed by atoms with Crippen molar-refractivity contribution in [2.24, 2.45) is 5.73 Å². The van der Waals surface area contributed by atoms with Gasteiger partial charge < -0.3 is 37.0 Å². The van der Waals surface area contributed by atoms with E-state index in [1.165, 1.54) is 0 Å². The molecule has 0 rings (SSSR count). The largest absolute Gasteiger partial charge is 0.481 e. The van der Waals surface area contributed by atoms with E-state index in [9.17, 15) is 24.0 Å². The summed E-state index contributed by atoms with van der Waals surface area (Å²) in [6, 6.07) is -2.74. The Bertz CT molecular complexity index is 495. The lowest BCUT2D eigenvalue weighted by Gasteiger charge is -2.21. The van der Waals surface area contributed by atoms with Gasteiger partial charge in [-0.25, -0.2) is 0 Å². The molecule has 0 radical (unpaired) electrons. The van der Waals surface area contributed by atoms with Crippen LogP contribution in [0.4, 0.5) is 0 Å². The number of hydrogen-bond donors (Lipinski definition) is 7. The van der Waals surface area contributed by atoms with Gasteiger partial charge in [-0.05, 0) is 6.42 Å². The van der Waals surface area contributed by atoms with Gasteiger partial charge in [-0.1, -0.05) is 0 Å². The third kappa shape index (κ3) is 8.65. The van der Waals surface area contributed by atoms with Crippen LogP contribution in [0.15, 0.2) is 0 Å². The van der Waals surface area contributed by atoms with E-state index in [1.54, 1.807) is 0 Å². The van der Waals surface area contributed by atoms with Gasteiger partial charge in [-0.3, -0.25) is 24.0 Å². The van der Waals surface area contributed by atoms with Crippen molar-refractivity contribution in [1.82, 2.24) is 16.0 Å². The van der Waals surface area contributed by atoms with Gasteiger partial charge in [-0.15, -0.1) is 0 Å². The van der Waals surface area contributed by atoms with E-state index in [4.69, 9.17) is 21.1 Å². The van der Waals surface area contributed by atoms with Gasteiger partial charge in [0.25, 0.3) is 0 Å². The van der Waals surface area contributed by atoms with Crippen LogP contribution < -0.4 is 21.7 Å². The number of amides is 3. The van der Waals surface area contributed by atoms with Crippen LogP contribution in [0.1, 0.15) is 12.8 Å². The number of rotatable bonds is 11. The highest BCUT2D eigenvalue weighted by atomic mass is 16.4. The summed E-state index contributed by atoms with van der Waals surface area (Å²) in [4.78, 5) is 56.0. The number of carboxylic acids is 2. The molecule has 0 aliphatic heterocycles. The second kappa shape index (κ2) is 10.9. The van der Waals surface area contributed by atoms with Gasteiger partial charge in [-0.2, -0.15) is 0 Å². The van der Waals surface area contributed by atoms with E-state index in [0.717, 1.165) is 0 Å². The second-order valence-corrected chi connectivity index (χ2v) is 4.61. The zero-order valence-corrected chi connectivity index (χ0v) is 12.7. The summed E-state index contributed by atoms with van der Waals surface area (Å²) in [5.74, 6) is -5.12. The standard InChI is InChI=1S/C12H20N4O8/c13-3-8(18)15-7(5-17)12(24)16-6(1-2-9(19)20)11(23)14-4-10(21)22/h6-7,17H,1-5,13H2,(H,14,23)(H,15,18)(H,16,24)(H,19,20)(H,21,22). The van der Waals surface area contributed by atoms with Gasteiger partial charge in [0.15, 0.2) is 0 Å². The van der Waals surface area contributed by atoms with Crippen molar-refractivity contribution in [1.29, 1.82) is 0 Å². The molecule has 3 amide bonds. The van der Waals surface area contributed by atoms with Crippen molar-refractivity contribution < 1.29 is 39.3 Å². The predicted octanol–water partition coefficient (Wildman–Crippen LogP) is -4.03. The molecule has 0 saturated heterocycles. The lowest BCUT2D eigenvalue weighted by atomic mass is 10.1. The van der Waals surface area contributed by atoms with E-state index < -0.39 is 67.9 Å². The van der Waals surface area contributed by atoms with Gasteiger partial charge in [0.1, 0.15) is 18.6 Å².